The molecule has 2 aromatic heterocycles. The highest BCUT2D eigenvalue weighted by atomic mass is 19.1. The number of aromatic nitrogens is 4. The molecular formula is C24H27FN6O. The van der Waals surface area contributed by atoms with E-state index in [0.29, 0.717) is 17.3 Å². The van der Waals surface area contributed by atoms with Gasteiger partial charge in [0.05, 0.1) is 23.8 Å². The largest absolute Gasteiger partial charge is 0.507 e. The van der Waals surface area contributed by atoms with Gasteiger partial charge in [0, 0.05) is 42.7 Å². The molecule has 3 aromatic rings. The van der Waals surface area contributed by atoms with E-state index in [2.05, 4.69) is 25.4 Å². The minimum absolute atomic E-state index is 0.0383. The van der Waals surface area contributed by atoms with Crippen molar-refractivity contribution in [3.8, 4) is 22.7 Å². The number of hydrogen-bond donors (Lipinski definition) is 2. The molecular weight excluding hydrogens is 407 g/mol. The number of imidazole rings is 1. The molecule has 32 heavy (non-hydrogen) atoms. The van der Waals surface area contributed by atoms with Crippen molar-refractivity contribution in [2.45, 2.75) is 62.8 Å². The number of benzene rings is 1. The van der Waals surface area contributed by atoms with Crippen LogP contribution < -0.4 is 10.2 Å². The first-order valence-electron chi connectivity index (χ1n) is 11.5. The maximum Gasteiger partial charge on any atom is 0.154 e. The van der Waals surface area contributed by atoms with E-state index in [4.69, 9.17) is 0 Å². The van der Waals surface area contributed by atoms with Gasteiger partial charge in [-0.05, 0) is 62.3 Å². The number of phenolic OH excluding ortho intramolecular Hbond substituents is 1. The van der Waals surface area contributed by atoms with Gasteiger partial charge in [-0.15, -0.1) is 10.2 Å². The van der Waals surface area contributed by atoms with Crippen LogP contribution in [0.3, 0.4) is 0 Å². The van der Waals surface area contributed by atoms with Crippen molar-refractivity contribution in [3.05, 3.63) is 48.5 Å². The number of fused-ring (bicyclic) bond motifs is 3. The Balaban J connectivity index is 1.33. The van der Waals surface area contributed by atoms with E-state index in [1.165, 1.54) is 0 Å². The zero-order valence-electron chi connectivity index (χ0n) is 17.9. The van der Waals surface area contributed by atoms with E-state index < -0.39 is 6.17 Å². The zero-order valence-corrected chi connectivity index (χ0v) is 17.9. The number of anilines is 1. The van der Waals surface area contributed by atoms with E-state index in [9.17, 15) is 5.11 Å². The quantitative estimate of drug-likeness (QED) is 0.658. The van der Waals surface area contributed by atoms with E-state index in [1.54, 1.807) is 18.6 Å². The molecule has 0 saturated carbocycles. The Morgan fingerprint density at radius 3 is 2.91 bits per heavy atom. The van der Waals surface area contributed by atoms with Crippen LogP contribution in [0.5, 0.6) is 5.75 Å². The van der Waals surface area contributed by atoms with Crippen molar-refractivity contribution in [1.29, 1.82) is 0 Å². The van der Waals surface area contributed by atoms with Crippen molar-refractivity contribution < 1.29 is 9.50 Å². The topological polar surface area (TPSA) is 79.1 Å². The molecule has 4 atom stereocenters. The molecule has 3 aliphatic rings. The molecule has 6 rings (SSSR count). The average molecular weight is 435 g/mol. The van der Waals surface area contributed by atoms with Gasteiger partial charge in [-0.3, -0.25) is 0 Å². The lowest BCUT2D eigenvalue weighted by atomic mass is 9.95. The maximum absolute atomic E-state index is 15.3. The second-order valence-electron chi connectivity index (χ2n) is 9.20. The van der Waals surface area contributed by atoms with Crippen LogP contribution in [0.25, 0.3) is 16.9 Å². The van der Waals surface area contributed by atoms with Gasteiger partial charge in [-0.2, -0.15) is 0 Å². The number of piperidine rings is 1. The van der Waals surface area contributed by atoms with Crippen LogP contribution in [-0.4, -0.2) is 55.7 Å². The minimum atomic E-state index is -0.888. The zero-order chi connectivity index (χ0) is 21.7. The molecule has 0 radical (unpaired) electrons. The molecule has 0 amide bonds. The molecule has 166 valence electrons. The lowest BCUT2D eigenvalue weighted by Gasteiger charge is -2.40. The molecule has 2 bridgehead atoms. The minimum Gasteiger partial charge on any atom is -0.507 e. The number of aryl methyl sites for hydroxylation is 1. The first kappa shape index (κ1) is 19.7. The Morgan fingerprint density at radius 2 is 2.06 bits per heavy atom. The Kier molecular flexibility index (Phi) is 4.82. The van der Waals surface area contributed by atoms with Crippen LogP contribution in [0.4, 0.5) is 10.2 Å². The second-order valence-corrected chi connectivity index (χ2v) is 9.20. The molecule has 3 aliphatic heterocycles. The van der Waals surface area contributed by atoms with Crippen molar-refractivity contribution in [1.82, 2.24) is 25.1 Å². The lowest BCUT2D eigenvalue weighted by Crippen LogP contribution is -2.57. The first-order valence-corrected chi connectivity index (χ1v) is 11.5. The van der Waals surface area contributed by atoms with Crippen LogP contribution in [0.15, 0.2) is 43.0 Å². The van der Waals surface area contributed by atoms with Crippen LogP contribution in [0.2, 0.25) is 0 Å². The molecule has 2 fully saturated rings. The first-order chi connectivity index (χ1) is 15.7. The van der Waals surface area contributed by atoms with Gasteiger partial charge >= 0.3 is 0 Å². The Morgan fingerprint density at radius 1 is 1.12 bits per heavy atom. The smallest absolute Gasteiger partial charge is 0.154 e. The number of nitrogens with one attached hydrogen (secondary N) is 1. The fraction of sp³-hybridized carbons (Fsp3) is 0.458. The van der Waals surface area contributed by atoms with Gasteiger partial charge in [-0.25, -0.2) is 9.37 Å². The monoisotopic (exact) mass is 434 g/mol. The number of nitrogens with zero attached hydrogens (tertiary/aromatic N) is 5. The molecule has 2 N–H and O–H groups in total. The Labute approximate surface area is 186 Å². The van der Waals surface area contributed by atoms with Crippen molar-refractivity contribution in [2.24, 2.45) is 0 Å². The molecule has 8 heteroatoms. The standard InChI is InChI=1S/C24H27FN6O/c25-23-19-7-4-16(27-19)12-21(23)31-9-2-1-3-15-11-20(28-29-24(15)31)18-6-5-17(13-22(18)32)30-10-8-26-14-30/h5-6,8,10-11,13-14,16,19,21,23,27,32H,1-4,7,9,12H2/t16-,19+,21-,23+/m1/s1. The number of alkyl halides is 1. The van der Waals surface area contributed by atoms with Gasteiger partial charge in [0.2, 0.25) is 0 Å². The highest BCUT2D eigenvalue weighted by Gasteiger charge is 2.45. The number of rotatable bonds is 3. The van der Waals surface area contributed by atoms with Gasteiger partial charge in [0.25, 0.3) is 0 Å². The van der Waals surface area contributed by atoms with Crippen LogP contribution in [-0.2, 0) is 6.42 Å². The molecule has 7 nitrogen and oxygen atoms in total. The third kappa shape index (κ3) is 3.33. The highest BCUT2D eigenvalue weighted by Crippen LogP contribution is 2.38. The summed E-state index contributed by atoms with van der Waals surface area (Å²) < 4.78 is 17.1. The maximum atomic E-state index is 15.3. The van der Waals surface area contributed by atoms with E-state index >= 15 is 4.39 Å². The number of phenols is 1. The van der Waals surface area contributed by atoms with E-state index in [0.717, 1.165) is 62.1 Å². The van der Waals surface area contributed by atoms with Crippen LogP contribution >= 0.6 is 0 Å². The number of halogens is 1. The Hall–Kier alpha value is -3.00. The highest BCUT2D eigenvalue weighted by molar-refractivity contribution is 5.70. The molecule has 0 spiro atoms. The summed E-state index contributed by atoms with van der Waals surface area (Å²) in [6.07, 6.45) is 10.1. The van der Waals surface area contributed by atoms with E-state index in [-0.39, 0.29) is 17.8 Å². The SMILES string of the molecule is Oc1cc(-n2ccnc2)ccc1-c1cc2c(nn1)N([C@@H]1C[C@H]3CC[C@H](N3)[C@@H]1F)CCCC2. The fourth-order valence-corrected chi connectivity index (χ4v) is 5.59. The van der Waals surface area contributed by atoms with Gasteiger partial charge in [0.15, 0.2) is 5.82 Å². The lowest BCUT2D eigenvalue weighted by molar-refractivity contribution is 0.172. The molecule has 0 aliphatic carbocycles. The molecule has 0 unspecified atom stereocenters. The van der Waals surface area contributed by atoms with Gasteiger partial charge in [-0.1, -0.05) is 0 Å². The summed E-state index contributed by atoms with van der Waals surface area (Å²) in [5.41, 5.74) is 3.20. The summed E-state index contributed by atoms with van der Waals surface area (Å²) in [5, 5.41) is 23.2. The Bertz CT molecular complexity index is 1120. The molecule has 5 heterocycles. The number of aromatic hydroxyl groups is 1. The summed E-state index contributed by atoms with van der Waals surface area (Å²) in [6.45, 7) is 0.816. The van der Waals surface area contributed by atoms with Crippen molar-refractivity contribution in [3.63, 3.8) is 0 Å². The molecule has 2 saturated heterocycles. The summed E-state index contributed by atoms with van der Waals surface area (Å²) >= 11 is 0. The van der Waals surface area contributed by atoms with Crippen molar-refractivity contribution >= 4 is 5.82 Å². The summed E-state index contributed by atoms with van der Waals surface area (Å²) in [4.78, 5) is 6.23. The number of hydrogen-bond acceptors (Lipinski definition) is 6. The normalized spacial score (nSPS) is 27.2. The third-order valence-corrected chi connectivity index (χ3v) is 7.23. The summed E-state index contributed by atoms with van der Waals surface area (Å²) in [5.74, 6) is 0.962. The predicted molar refractivity (Wildman–Crippen MR) is 120 cm³/mol. The molecule has 1 aromatic carbocycles. The third-order valence-electron chi connectivity index (χ3n) is 7.23. The van der Waals surface area contributed by atoms with Crippen LogP contribution in [0, 0.1) is 0 Å². The van der Waals surface area contributed by atoms with Crippen LogP contribution in [0.1, 0.15) is 37.7 Å². The average Bonchev–Trinajstić information content (AvgIpc) is 3.43. The summed E-state index contributed by atoms with van der Waals surface area (Å²) in [6, 6.07) is 7.73. The fourth-order valence-electron chi connectivity index (χ4n) is 5.59. The van der Waals surface area contributed by atoms with Crippen molar-refractivity contribution in [2.75, 3.05) is 11.4 Å². The van der Waals surface area contributed by atoms with Gasteiger partial charge in [0.1, 0.15) is 11.9 Å². The predicted octanol–water partition coefficient (Wildman–Crippen LogP) is 3.41. The van der Waals surface area contributed by atoms with Gasteiger partial charge < -0.3 is 19.9 Å². The summed E-state index contributed by atoms with van der Waals surface area (Å²) in [7, 11) is 0. The van der Waals surface area contributed by atoms with E-state index in [1.807, 2.05) is 29.0 Å². The second kappa shape index (κ2) is 7.85.